The van der Waals surface area contributed by atoms with E-state index in [0.717, 1.165) is 25.4 Å². The molecule has 0 heterocycles. The van der Waals surface area contributed by atoms with Crippen LogP contribution in [0.1, 0.15) is 47.1 Å². The van der Waals surface area contributed by atoms with Crippen molar-refractivity contribution in [3.63, 3.8) is 0 Å². The van der Waals surface area contributed by atoms with Gasteiger partial charge in [0.15, 0.2) is 6.61 Å². The Morgan fingerprint density at radius 1 is 1.24 bits per heavy atom. The summed E-state index contributed by atoms with van der Waals surface area (Å²) in [5.74, 6) is 0.760. The first-order chi connectivity index (χ1) is 11.8. The van der Waals surface area contributed by atoms with E-state index in [0.29, 0.717) is 5.41 Å². The summed E-state index contributed by atoms with van der Waals surface area (Å²) in [6, 6.07) is 9.89. The molecule has 0 amide bonds. The number of nitriles is 1. The van der Waals surface area contributed by atoms with E-state index in [1.807, 2.05) is 31.2 Å². The highest BCUT2D eigenvalue weighted by atomic mass is 16.5. The Kier molecular flexibility index (Phi) is 15.3. The van der Waals surface area contributed by atoms with Gasteiger partial charge in [-0.25, -0.2) is 0 Å². The van der Waals surface area contributed by atoms with Gasteiger partial charge in [-0.3, -0.25) is 4.90 Å². The lowest BCUT2D eigenvalue weighted by Gasteiger charge is -2.18. The molecule has 0 saturated heterocycles. The second-order valence-electron chi connectivity index (χ2n) is 6.99. The molecule has 0 saturated carbocycles. The number of hydrogen-bond acceptors (Lipinski definition) is 3. The van der Waals surface area contributed by atoms with Gasteiger partial charge >= 0.3 is 0 Å². The zero-order valence-corrected chi connectivity index (χ0v) is 16.7. The zero-order valence-electron chi connectivity index (χ0n) is 16.7. The summed E-state index contributed by atoms with van der Waals surface area (Å²) in [5, 5.41) is 8.49. The molecule has 3 nitrogen and oxygen atoms in total. The molecule has 25 heavy (non-hydrogen) atoms. The molecular formula is C22H34N2O. The van der Waals surface area contributed by atoms with Crippen molar-refractivity contribution >= 4 is 0 Å². The predicted molar refractivity (Wildman–Crippen MR) is 108 cm³/mol. The molecule has 0 fully saturated rings. The van der Waals surface area contributed by atoms with Crippen molar-refractivity contribution in [3.05, 3.63) is 42.0 Å². The molecule has 0 aliphatic carbocycles. The minimum atomic E-state index is 0.0967. The van der Waals surface area contributed by atoms with Crippen LogP contribution >= 0.6 is 0 Å². The van der Waals surface area contributed by atoms with Crippen LogP contribution in [0.3, 0.4) is 0 Å². The number of allylic oxidation sites excluding steroid dienone is 1. The standard InChI is InChI=1S/C15H20N2O.C5H12.C2H2/c1-3-5-10-17(4-2)13-14-7-6-8-15(12-14)18-11-9-16;1-5(2,3)4;1-2/h3,5-8,12H,4,10-11,13H2,1-2H3;1-4H3;1-2H/b5-3+;;. The van der Waals surface area contributed by atoms with Crippen LogP contribution in [0.25, 0.3) is 0 Å². The number of likely N-dealkylation sites (N-methyl/N-ethyl adjacent to an activating group) is 1. The molecule has 138 valence electrons. The fourth-order valence-electron chi connectivity index (χ4n) is 1.67. The molecule has 0 aliphatic heterocycles. The van der Waals surface area contributed by atoms with E-state index < -0.39 is 0 Å². The maximum atomic E-state index is 8.49. The molecule has 3 heteroatoms. The summed E-state index contributed by atoms with van der Waals surface area (Å²) < 4.78 is 5.30. The number of hydrogen-bond donors (Lipinski definition) is 0. The maximum Gasteiger partial charge on any atom is 0.174 e. The minimum absolute atomic E-state index is 0.0967. The van der Waals surface area contributed by atoms with Crippen molar-refractivity contribution in [2.75, 3.05) is 19.7 Å². The highest BCUT2D eigenvalue weighted by Gasteiger charge is 2.03. The Balaban J connectivity index is 0. The van der Waals surface area contributed by atoms with Gasteiger partial charge in [-0.05, 0) is 36.6 Å². The Morgan fingerprint density at radius 3 is 2.32 bits per heavy atom. The molecule has 0 aliphatic rings. The third kappa shape index (κ3) is 18.0. The second kappa shape index (κ2) is 15.3. The molecule has 1 aromatic carbocycles. The van der Waals surface area contributed by atoms with Gasteiger partial charge in [0.25, 0.3) is 0 Å². The maximum absolute atomic E-state index is 8.49. The van der Waals surface area contributed by atoms with E-state index in [1.165, 1.54) is 5.56 Å². The van der Waals surface area contributed by atoms with Gasteiger partial charge in [0.05, 0.1) is 0 Å². The van der Waals surface area contributed by atoms with Crippen molar-refractivity contribution in [2.24, 2.45) is 5.41 Å². The summed E-state index contributed by atoms with van der Waals surface area (Å²) in [6.45, 7) is 15.9. The van der Waals surface area contributed by atoms with E-state index >= 15 is 0 Å². The van der Waals surface area contributed by atoms with Crippen molar-refractivity contribution in [1.29, 1.82) is 5.26 Å². The molecule has 0 atom stereocenters. The molecule has 0 aromatic heterocycles. The van der Waals surface area contributed by atoms with Gasteiger partial charge in [-0.1, -0.05) is 58.9 Å². The first-order valence-electron chi connectivity index (χ1n) is 8.55. The number of benzene rings is 1. The molecule has 0 bridgehead atoms. The van der Waals surface area contributed by atoms with Gasteiger partial charge in [0.2, 0.25) is 0 Å². The van der Waals surface area contributed by atoms with Crippen molar-refractivity contribution in [3.8, 4) is 24.7 Å². The van der Waals surface area contributed by atoms with Crippen molar-refractivity contribution < 1.29 is 4.74 Å². The van der Waals surface area contributed by atoms with Gasteiger partial charge in [-0.15, -0.1) is 12.8 Å². The Hall–Kier alpha value is -2.23. The number of nitrogens with zero attached hydrogens (tertiary/aromatic N) is 2. The average molecular weight is 343 g/mol. The van der Waals surface area contributed by atoms with E-state index in [9.17, 15) is 0 Å². The van der Waals surface area contributed by atoms with E-state index in [4.69, 9.17) is 10.00 Å². The normalized spacial score (nSPS) is 10.2. The smallest absolute Gasteiger partial charge is 0.174 e. The molecule has 0 unspecified atom stereocenters. The molecule has 0 spiro atoms. The summed E-state index contributed by atoms with van der Waals surface area (Å²) in [5.41, 5.74) is 1.71. The third-order valence-electron chi connectivity index (χ3n) is 2.65. The molecular weight excluding hydrogens is 308 g/mol. The summed E-state index contributed by atoms with van der Waals surface area (Å²) in [6.07, 6.45) is 12.2. The SMILES string of the molecule is C#C.C/C=C/CN(CC)Cc1cccc(OCC#N)c1.CC(C)(C)C. The van der Waals surface area contributed by atoms with Crippen LogP contribution in [0, 0.1) is 29.6 Å². The van der Waals surface area contributed by atoms with Crippen molar-refractivity contribution in [1.82, 2.24) is 4.90 Å². The van der Waals surface area contributed by atoms with Crippen LogP contribution in [-0.2, 0) is 6.54 Å². The van der Waals surface area contributed by atoms with E-state index in [1.54, 1.807) is 0 Å². The average Bonchev–Trinajstić information content (AvgIpc) is 2.57. The molecule has 0 radical (unpaired) electrons. The van der Waals surface area contributed by atoms with Gasteiger partial charge in [0, 0.05) is 13.1 Å². The van der Waals surface area contributed by atoms with Crippen LogP contribution in [0.15, 0.2) is 36.4 Å². The van der Waals surface area contributed by atoms with Gasteiger partial charge < -0.3 is 4.74 Å². The lowest BCUT2D eigenvalue weighted by atomic mass is 10.0. The first kappa shape index (κ1) is 25.0. The van der Waals surface area contributed by atoms with Crippen LogP contribution in [0.2, 0.25) is 0 Å². The highest BCUT2D eigenvalue weighted by Crippen LogP contribution is 2.14. The van der Waals surface area contributed by atoms with Crippen LogP contribution in [-0.4, -0.2) is 24.6 Å². The van der Waals surface area contributed by atoms with Crippen LogP contribution in [0.5, 0.6) is 5.75 Å². The number of rotatable bonds is 7. The van der Waals surface area contributed by atoms with Crippen LogP contribution < -0.4 is 4.74 Å². The fourth-order valence-corrected chi connectivity index (χ4v) is 1.67. The third-order valence-corrected chi connectivity index (χ3v) is 2.65. The summed E-state index contributed by atoms with van der Waals surface area (Å²) in [4.78, 5) is 2.34. The zero-order chi connectivity index (χ0) is 19.7. The monoisotopic (exact) mass is 342 g/mol. The lowest BCUT2D eigenvalue weighted by Crippen LogP contribution is -2.22. The topological polar surface area (TPSA) is 36.3 Å². The minimum Gasteiger partial charge on any atom is -0.479 e. The summed E-state index contributed by atoms with van der Waals surface area (Å²) >= 11 is 0. The molecule has 0 N–H and O–H groups in total. The summed E-state index contributed by atoms with van der Waals surface area (Å²) in [7, 11) is 0. The van der Waals surface area contributed by atoms with Gasteiger partial charge in [0.1, 0.15) is 11.8 Å². The highest BCUT2D eigenvalue weighted by molar-refractivity contribution is 5.28. The largest absolute Gasteiger partial charge is 0.479 e. The van der Waals surface area contributed by atoms with E-state index in [2.05, 4.69) is 70.6 Å². The van der Waals surface area contributed by atoms with Crippen molar-refractivity contribution in [2.45, 2.75) is 48.1 Å². The quantitative estimate of drug-likeness (QED) is 0.499. The Bertz CT molecular complexity index is 527. The predicted octanol–water partition coefficient (Wildman–Crippen LogP) is 5.29. The van der Waals surface area contributed by atoms with Gasteiger partial charge in [-0.2, -0.15) is 5.26 Å². The van der Waals surface area contributed by atoms with E-state index in [-0.39, 0.29) is 6.61 Å². The second-order valence-corrected chi connectivity index (χ2v) is 6.99. The fraction of sp³-hybridized carbons (Fsp3) is 0.500. The molecule has 1 aromatic rings. The lowest BCUT2D eigenvalue weighted by molar-refractivity contribution is 0.309. The first-order valence-corrected chi connectivity index (χ1v) is 8.55. The Morgan fingerprint density at radius 2 is 1.84 bits per heavy atom. The Labute approximate surface area is 155 Å². The van der Waals surface area contributed by atoms with Crippen LogP contribution in [0.4, 0.5) is 0 Å². The number of terminal acetylenes is 1. The number of ether oxygens (including phenoxy) is 1. The molecule has 1 rings (SSSR count).